The van der Waals surface area contributed by atoms with E-state index < -0.39 is 0 Å². The molecule has 1 unspecified atom stereocenters. The average molecular weight is 224 g/mol. The second kappa shape index (κ2) is 3.97. The van der Waals surface area contributed by atoms with Crippen molar-refractivity contribution in [3.05, 3.63) is 5.69 Å². The van der Waals surface area contributed by atoms with Gasteiger partial charge in [0.1, 0.15) is 0 Å². The molecule has 0 saturated carbocycles. The molecule has 3 N–H and O–H groups in total. The number of hydrogen-bond donors (Lipinski definition) is 2. The maximum absolute atomic E-state index is 9.55. The molecule has 90 valence electrons. The Morgan fingerprint density at radius 1 is 1.50 bits per heavy atom. The molecular weight excluding hydrogens is 204 g/mol. The third-order valence-corrected chi connectivity index (χ3v) is 3.09. The largest absolute Gasteiger partial charge is 0.394 e. The first-order chi connectivity index (χ1) is 7.50. The van der Waals surface area contributed by atoms with Gasteiger partial charge in [-0.3, -0.25) is 4.68 Å². The van der Waals surface area contributed by atoms with Crippen LogP contribution in [-0.2, 0) is 7.05 Å². The summed E-state index contributed by atoms with van der Waals surface area (Å²) < 4.78 is 1.82. The lowest BCUT2D eigenvalue weighted by Gasteiger charge is -2.18. The summed E-state index contributed by atoms with van der Waals surface area (Å²) in [7, 11) is 1.91. The van der Waals surface area contributed by atoms with E-state index in [4.69, 9.17) is 5.73 Å². The van der Waals surface area contributed by atoms with Crippen LogP contribution < -0.4 is 10.6 Å². The van der Waals surface area contributed by atoms with Crippen molar-refractivity contribution >= 4 is 11.5 Å². The van der Waals surface area contributed by atoms with E-state index in [1.807, 2.05) is 11.7 Å². The smallest absolute Gasteiger partial charge is 0.150 e. The number of nitrogens with zero attached hydrogens (tertiary/aromatic N) is 3. The van der Waals surface area contributed by atoms with Gasteiger partial charge >= 0.3 is 0 Å². The minimum Gasteiger partial charge on any atom is -0.394 e. The van der Waals surface area contributed by atoms with Crippen LogP contribution in [0.2, 0.25) is 0 Å². The van der Waals surface area contributed by atoms with Gasteiger partial charge in [0.15, 0.2) is 5.82 Å². The summed E-state index contributed by atoms with van der Waals surface area (Å²) in [6.07, 6.45) is 0.568. The van der Waals surface area contributed by atoms with Gasteiger partial charge in [-0.1, -0.05) is 13.8 Å². The average Bonchev–Trinajstić information content (AvgIpc) is 2.71. The molecule has 1 atom stereocenters. The van der Waals surface area contributed by atoms with Crippen molar-refractivity contribution in [2.45, 2.75) is 32.3 Å². The molecule has 1 saturated heterocycles. The summed E-state index contributed by atoms with van der Waals surface area (Å²) in [5.74, 6) is 1.27. The van der Waals surface area contributed by atoms with Gasteiger partial charge in [-0.2, -0.15) is 5.10 Å². The van der Waals surface area contributed by atoms with Crippen molar-refractivity contribution in [2.24, 2.45) is 7.05 Å². The molecule has 5 heteroatoms. The fraction of sp³-hybridized carbons (Fsp3) is 0.727. The Hall–Kier alpha value is -1.23. The van der Waals surface area contributed by atoms with Crippen LogP contribution in [0.3, 0.4) is 0 Å². The van der Waals surface area contributed by atoms with Crippen LogP contribution in [0.4, 0.5) is 11.5 Å². The number of aliphatic hydroxyl groups is 1. The van der Waals surface area contributed by atoms with Crippen molar-refractivity contribution in [3.63, 3.8) is 0 Å². The fourth-order valence-electron chi connectivity index (χ4n) is 2.29. The monoisotopic (exact) mass is 224 g/mol. The van der Waals surface area contributed by atoms with E-state index in [-0.39, 0.29) is 6.10 Å². The summed E-state index contributed by atoms with van der Waals surface area (Å²) in [5.41, 5.74) is 7.82. The molecule has 1 aliphatic heterocycles. The summed E-state index contributed by atoms with van der Waals surface area (Å²) in [6, 6.07) is 0. The second-order valence-corrected chi connectivity index (χ2v) is 4.79. The number of β-amino-alcohol motifs (C(OH)–C–C–N with tert-alkyl or cyclic N) is 1. The molecule has 0 bridgehead atoms. The zero-order valence-corrected chi connectivity index (χ0v) is 10.1. The molecule has 1 aromatic heterocycles. The van der Waals surface area contributed by atoms with Gasteiger partial charge in [-0.25, -0.2) is 0 Å². The van der Waals surface area contributed by atoms with E-state index in [0.717, 1.165) is 30.2 Å². The van der Waals surface area contributed by atoms with Crippen LogP contribution in [-0.4, -0.2) is 34.1 Å². The number of anilines is 2. The summed E-state index contributed by atoms with van der Waals surface area (Å²) in [5, 5.41) is 14.0. The third-order valence-electron chi connectivity index (χ3n) is 3.09. The molecular formula is C11H20N4O. The number of aromatic nitrogens is 2. The Morgan fingerprint density at radius 2 is 2.19 bits per heavy atom. The lowest BCUT2D eigenvalue weighted by molar-refractivity contribution is 0.198. The van der Waals surface area contributed by atoms with Crippen LogP contribution in [0.25, 0.3) is 0 Å². The van der Waals surface area contributed by atoms with Crippen molar-refractivity contribution in [1.29, 1.82) is 0 Å². The predicted octanol–water partition coefficient (Wildman–Crippen LogP) is 0.697. The summed E-state index contributed by atoms with van der Waals surface area (Å²) >= 11 is 0. The summed E-state index contributed by atoms with van der Waals surface area (Å²) in [6.45, 7) is 5.67. The van der Waals surface area contributed by atoms with Gasteiger partial charge in [0, 0.05) is 20.1 Å². The van der Waals surface area contributed by atoms with E-state index >= 15 is 0 Å². The van der Waals surface area contributed by atoms with Crippen LogP contribution >= 0.6 is 0 Å². The van der Waals surface area contributed by atoms with E-state index in [1.165, 1.54) is 0 Å². The maximum atomic E-state index is 9.55. The molecule has 0 aromatic carbocycles. The molecule has 0 aliphatic carbocycles. The van der Waals surface area contributed by atoms with E-state index in [9.17, 15) is 5.11 Å². The number of hydrogen-bond acceptors (Lipinski definition) is 4. The molecule has 0 spiro atoms. The zero-order chi connectivity index (χ0) is 11.9. The Bertz CT molecular complexity index is 386. The number of aliphatic hydroxyl groups excluding tert-OH is 1. The molecule has 16 heavy (non-hydrogen) atoms. The predicted molar refractivity (Wildman–Crippen MR) is 64.5 cm³/mol. The Morgan fingerprint density at radius 3 is 2.62 bits per heavy atom. The van der Waals surface area contributed by atoms with Gasteiger partial charge in [-0.05, 0) is 12.3 Å². The SMILES string of the molecule is CC(C)c1nn(C)c(N2CCC(O)C2)c1N. The molecule has 1 aromatic rings. The zero-order valence-electron chi connectivity index (χ0n) is 10.1. The molecule has 0 amide bonds. The molecule has 1 fully saturated rings. The Labute approximate surface area is 95.8 Å². The molecule has 1 aliphatic rings. The Kier molecular flexibility index (Phi) is 2.80. The highest BCUT2D eigenvalue weighted by atomic mass is 16.3. The van der Waals surface area contributed by atoms with Gasteiger partial charge in [0.25, 0.3) is 0 Å². The van der Waals surface area contributed by atoms with Crippen LogP contribution in [0.5, 0.6) is 0 Å². The highest BCUT2D eigenvalue weighted by Gasteiger charge is 2.26. The van der Waals surface area contributed by atoms with Crippen molar-refractivity contribution in [2.75, 3.05) is 23.7 Å². The van der Waals surface area contributed by atoms with Crippen molar-refractivity contribution in [1.82, 2.24) is 9.78 Å². The van der Waals surface area contributed by atoms with Crippen LogP contribution in [0.15, 0.2) is 0 Å². The van der Waals surface area contributed by atoms with Gasteiger partial charge < -0.3 is 15.7 Å². The van der Waals surface area contributed by atoms with Crippen molar-refractivity contribution < 1.29 is 5.11 Å². The third kappa shape index (κ3) is 1.75. The van der Waals surface area contributed by atoms with E-state index in [2.05, 4.69) is 23.8 Å². The highest BCUT2D eigenvalue weighted by molar-refractivity contribution is 5.67. The normalized spacial score (nSPS) is 21.1. The lowest BCUT2D eigenvalue weighted by Crippen LogP contribution is -2.24. The number of nitrogen functional groups attached to an aromatic ring is 1. The lowest BCUT2D eigenvalue weighted by atomic mass is 10.1. The minimum absolute atomic E-state index is 0.239. The molecule has 0 radical (unpaired) electrons. The minimum atomic E-state index is -0.239. The first-order valence-electron chi connectivity index (χ1n) is 5.76. The van der Waals surface area contributed by atoms with Crippen molar-refractivity contribution in [3.8, 4) is 0 Å². The quantitative estimate of drug-likeness (QED) is 0.776. The van der Waals surface area contributed by atoms with Crippen LogP contribution in [0, 0.1) is 0 Å². The van der Waals surface area contributed by atoms with Crippen LogP contribution in [0.1, 0.15) is 31.9 Å². The number of rotatable bonds is 2. The van der Waals surface area contributed by atoms with Gasteiger partial charge in [0.2, 0.25) is 0 Å². The second-order valence-electron chi connectivity index (χ2n) is 4.79. The van der Waals surface area contributed by atoms with E-state index in [0.29, 0.717) is 12.5 Å². The Balaban J connectivity index is 2.34. The maximum Gasteiger partial charge on any atom is 0.150 e. The summed E-state index contributed by atoms with van der Waals surface area (Å²) in [4.78, 5) is 2.11. The first-order valence-corrected chi connectivity index (χ1v) is 5.76. The number of aryl methyl sites for hydroxylation is 1. The highest BCUT2D eigenvalue weighted by Crippen LogP contribution is 2.32. The topological polar surface area (TPSA) is 67.3 Å². The van der Waals surface area contributed by atoms with Gasteiger partial charge in [0.05, 0.1) is 17.5 Å². The molecule has 5 nitrogen and oxygen atoms in total. The molecule has 2 rings (SSSR count). The molecule has 2 heterocycles. The first kappa shape index (κ1) is 11.3. The van der Waals surface area contributed by atoms with Gasteiger partial charge in [-0.15, -0.1) is 0 Å². The van der Waals surface area contributed by atoms with E-state index in [1.54, 1.807) is 0 Å². The standard InChI is InChI=1S/C11H20N4O/c1-7(2)10-9(12)11(14(3)13-10)15-5-4-8(16)6-15/h7-8,16H,4-6,12H2,1-3H3. The number of nitrogens with two attached hydrogens (primary N) is 1. The fourth-order valence-corrected chi connectivity index (χ4v) is 2.29.